The normalized spacial score (nSPS) is 14.7. The van der Waals surface area contributed by atoms with E-state index >= 15 is 0 Å². The highest BCUT2D eigenvalue weighted by atomic mass is 19.4. The molecule has 140 valence electrons. The molecule has 0 atom stereocenters. The van der Waals surface area contributed by atoms with Gasteiger partial charge in [-0.05, 0) is 43.2 Å². The van der Waals surface area contributed by atoms with E-state index in [1.807, 2.05) is 0 Å². The van der Waals surface area contributed by atoms with Gasteiger partial charge in [0, 0.05) is 11.5 Å². The third kappa shape index (κ3) is 3.24. The van der Waals surface area contributed by atoms with E-state index in [0.29, 0.717) is 18.4 Å². The lowest BCUT2D eigenvalue weighted by Crippen LogP contribution is -2.12. The zero-order valence-corrected chi connectivity index (χ0v) is 13.8. The summed E-state index contributed by atoms with van der Waals surface area (Å²) in [6.45, 7) is -0.597. The van der Waals surface area contributed by atoms with Crippen molar-refractivity contribution in [2.75, 3.05) is 0 Å². The number of fused-ring (bicyclic) bond motifs is 1. The summed E-state index contributed by atoms with van der Waals surface area (Å²) in [6.07, 6.45) is -3.26. The van der Waals surface area contributed by atoms with Crippen molar-refractivity contribution in [2.24, 2.45) is 0 Å². The van der Waals surface area contributed by atoms with E-state index in [2.05, 4.69) is 10.1 Å². The Bertz CT molecular complexity index is 1040. The van der Waals surface area contributed by atoms with E-state index in [1.54, 1.807) is 0 Å². The van der Waals surface area contributed by atoms with Crippen LogP contribution >= 0.6 is 0 Å². The van der Waals surface area contributed by atoms with Gasteiger partial charge in [0.2, 0.25) is 0 Å². The zero-order chi connectivity index (χ0) is 19.3. The number of benzene rings is 1. The Balaban J connectivity index is 2.02. The summed E-state index contributed by atoms with van der Waals surface area (Å²) in [5.74, 6) is -1.88. The van der Waals surface area contributed by atoms with Gasteiger partial charge in [0.05, 0.1) is 22.3 Å². The second-order valence-electron chi connectivity index (χ2n) is 6.47. The lowest BCUT2D eigenvalue weighted by molar-refractivity contribution is -0.138. The third-order valence-electron chi connectivity index (χ3n) is 4.42. The smallest absolute Gasteiger partial charge is 0.417 e. The summed E-state index contributed by atoms with van der Waals surface area (Å²) in [4.78, 5) is 15.4. The lowest BCUT2D eigenvalue weighted by Gasteiger charge is -2.12. The molecule has 1 saturated carbocycles. The van der Waals surface area contributed by atoms with Gasteiger partial charge in [-0.1, -0.05) is 0 Å². The molecule has 1 N–H and O–H groups in total. The molecule has 3 aromatic rings. The number of aromatic nitrogens is 3. The number of hydrogen-bond donors (Lipinski definition) is 1. The lowest BCUT2D eigenvalue weighted by atomic mass is 10.0. The van der Waals surface area contributed by atoms with E-state index in [4.69, 9.17) is 5.11 Å². The standard InChI is InChI=1S/C18H13F4N3O2/c19-11-5-3-9(4-6-11)13-7-12(18(20,21)22)15-16(10-1-2-10)24-25(8-14(26)27)17(15)23-13/h3-7,10H,1-2,8H2,(H,26,27). The van der Waals surface area contributed by atoms with E-state index in [1.165, 1.54) is 12.1 Å². The molecule has 1 aliphatic rings. The van der Waals surface area contributed by atoms with Crippen molar-refractivity contribution in [3.8, 4) is 11.3 Å². The summed E-state index contributed by atoms with van der Waals surface area (Å²) in [7, 11) is 0. The van der Waals surface area contributed by atoms with E-state index in [0.717, 1.165) is 22.9 Å². The number of carbonyl (C=O) groups is 1. The summed E-state index contributed by atoms with van der Waals surface area (Å²) < 4.78 is 55.5. The number of carboxylic acid groups (broad SMARTS) is 1. The number of nitrogens with zero attached hydrogens (tertiary/aromatic N) is 3. The number of hydrogen-bond acceptors (Lipinski definition) is 3. The molecule has 5 nitrogen and oxygen atoms in total. The van der Waals surface area contributed by atoms with Gasteiger partial charge in [0.15, 0.2) is 5.65 Å². The van der Waals surface area contributed by atoms with Crippen LogP contribution in [0.15, 0.2) is 30.3 Å². The molecular formula is C18H13F4N3O2. The van der Waals surface area contributed by atoms with Crippen LogP contribution in [0, 0.1) is 5.82 Å². The number of alkyl halides is 3. The van der Waals surface area contributed by atoms with Gasteiger partial charge in [-0.3, -0.25) is 4.79 Å². The maximum Gasteiger partial charge on any atom is 0.417 e. The van der Waals surface area contributed by atoms with E-state index < -0.39 is 30.1 Å². The van der Waals surface area contributed by atoms with Crippen molar-refractivity contribution < 1.29 is 27.5 Å². The van der Waals surface area contributed by atoms with Crippen LogP contribution in [0.3, 0.4) is 0 Å². The molecule has 0 spiro atoms. The quantitative estimate of drug-likeness (QED) is 0.690. The molecule has 1 aliphatic carbocycles. The SMILES string of the molecule is O=C(O)Cn1nc(C2CC2)c2c(C(F)(F)F)cc(-c3ccc(F)cc3)nc21. The molecule has 2 aromatic heterocycles. The number of halogens is 4. The number of carboxylic acids is 1. The fourth-order valence-corrected chi connectivity index (χ4v) is 3.07. The van der Waals surface area contributed by atoms with Crippen molar-refractivity contribution in [1.29, 1.82) is 0 Å². The van der Waals surface area contributed by atoms with Gasteiger partial charge >= 0.3 is 12.1 Å². The van der Waals surface area contributed by atoms with Crippen LogP contribution in [0.5, 0.6) is 0 Å². The van der Waals surface area contributed by atoms with Crippen LogP contribution in [0.2, 0.25) is 0 Å². The highest BCUT2D eigenvalue weighted by molar-refractivity contribution is 5.87. The predicted molar refractivity (Wildman–Crippen MR) is 87.5 cm³/mol. The van der Waals surface area contributed by atoms with Crippen molar-refractivity contribution in [3.05, 3.63) is 47.4 Å². The minimum absolute atomic E-state index is 0.0243. The molecule has 2 heterocycles. The van der Waals surface area contributed by atoms with E-state index in [9.17, 15) is 22.4 Å². The molecule has 0 radical (unpaired) electrons. The first-order valence-electron chi connectivity index (χ1n) is 8.20. The van der Waals surface area contributed by atoms with Crippen LogP contribution in [-0.4, -0.2) is 25.8 Å². The third-order valence-corrected chi connectivity index (χ3v) is 4.42. The fraction of sp³-hybridized carbons (Fsp3) is 0.278. The molecule has 9 heteroatoms. The average Bonchev–Trinajstić information content (AvgIpc) is 3.37. The molecule has 4 rings (SSSR count). The molecule has 0 saturated heterocycles. The second kappa shape index (κ2) is 6.04. The minimum atomic E-state index is -4.67. The fourth-order valence-electron chi connectivity index (χ4n) is 3.07. The Labute approximate surface area is 150 Å². The first-order valence-corrected chi connectivity index (χ1v) is 8.20. The van der Waals surface area contributed by atoms with Gasteiger partial charge in [-0.2, -0.15) is 18.3 Å². The Hall–Kier alpha value is -2.97. The summed E-state index contributed by atoms with van der Waals surface area (Å²) in [5, 5.41) is 13.1. The van der Waals surface area contributed by atoms with Crippen LogP contribution in [0.1, 0.15) is 30.0 Å². The predicted octanol–water partition coefficient (Wildman–Crippen LogP) is 4.22. The summed E-state index contributed by atoms with van der Waals surface area (Å²) in [6, 6.07) is 5.80. The average molecular weight is 379 g/mol. The van der Waals surface area contributed by atoms with Gasteiger partial charge in [-0.25, -0.2) is 14.1 Å². The molecule has 1 fully saturated rings. The number of aliphatic carboxylic acids is 1. The molecule has 1 aromatic carbocycles. The van der Waals surface area contributed by atoms with Crippen molar-refractivity contribution in [3.63, 3.8) is 0 Å². The highest BCUT2D eigenvalue weighted by Crippen LogP contribution is 2.46. The van der Waals surface area contributed by atoms with Gasteiger partial charge in [-0.15, -0.1) is 0 Å². The first kappa shape index (κ1) is 17.4. The van der Waals surface area contributed by atoms with Crippen molar-refractivity contribution in [2.45, 2.75) is 31.5 Å². The molecule has 0 aliphatic heterocycles. The minimum Gasteiger partial charge on any atom is -0.480 e. The maximum atomic E-state index is 13.8. The van der Waals surface area contributed by atoms with Crippen LogP contribution < -0.4 is 0 Å². The van der Waals surface area contributed by atoms with Crippen LogP contribution in [0.4, 0.5) is 17.6 Å². The van der Waals surface area contributed by atoms with Gasteiger partial charge < -0.3 is 5.11 Å². The summed E-state index contributed by atoms with van der Waals surface area (Å²) >= 11 is 0. The van der Waals surface area contributed by atoms with Crippen LogP contribution in [0.25, 0.3) is 22.3 Å². The Morgan fingerprint density at radius 2 is 1.89 bits per heavy atom. The largest absolute Gasteiger partial charge is 0.480 e. The van der Waals surface area contributed by atoms with E-state index in [-0.39, 0.29) is 28.3 Å². The maximum absolute atomic E-state index is 13.8. The molecule has 0 unspecified atom stereocenters. The van der Waals surface area contributed by atoms with Gasteiger partial charge in [0.1, 0.15) is 12.4 Å². The number of rotatable bonds is 4. The topological polar surface area (TPSA) is 68.0 Å². The Kier molecular flexibility index (Phi) is 3.90. The first-order chi connectivity index (χ1) is 12.7. The number of pyridine rings is 1. The zero-order valence-electron chi connectivity index (χ0n) is 13.8. The Morgan fingerprint density at radius 1 is 1.22 bits per heavy atom. The van der Waals surface area contributed by atoms with Crippen molar-refractivity contribution >= 4 is 17.0 Å². The Morgan fingerprint density at radius 3 is 2.44 bits per heavy atom. The van der Waals surface area contributed by atoms with Crippen molar-refractivity contribution in [1.82, 2.24) is 14.8 Å². The monoisotopic (exact) mass is 379 g/mol. The molecule has 27 heavy (non-hydrogen) atoms. The molecule has 0 amide bonds. The van der Waals surface area contributed by atoms with Gasteiger partial charge in [0.25, 0.3) is 0 Å². The molecular weight excluding hydrogens is 366 g/mol. The highest BCUT2D eigenvalue weighted by Gasteiger charge is 2.39. The molecule has 0 bridgehead atoms. The second-order valence-corrected chi connectivity index (χ2v) is 6.47. The summed E-state index contributed by atoms with van der Waals surface area (Å²) in [5.41, 5.74) is -0.542. The van der Waals surface area contributed by atoms with Crippen LogP contribution in [-0.2, 0) is 17.5 Å².